The zero-order valence-electron chi connectivity index (χ0n) is 8.33. The van der Waals surface area contributed by atoms with Gasteiger partial charge in [0, 0.05) is 5.71 Å². The molecule has 11 heavy (non-hydrogen) atoms. The molecule has 0 spiro atoms. The number of rotatable bonds is 1. The van der Waals surface area contributed by atoms with Crippen LogP contribution in [-0.2, 0) is 0 Å². The van der Waals surface area contributed by atoms with Gasteiger partial charge >= 0.3 is 0 Å². The Morgan fingerprint density at radius 3 is 1.55 bits per heavy atom. The summed E-state index contributed by atoms with van der Waals surface area (Å²) in [5.41, 5.74) is 0.975. The van der Waals surface area contributed by atoms with Gasteiger partial charge in [0.1, 0.15) is 0 Å². The fourth-order valence-electron chi connectivity index (χ4n) is 0.636. The van der Waals surface area contributed by atoms with Gasteiger partial charge in [-0.2, -0.15) is 0 Å². The van der Waals surface area contributed by atoms with Crippen LogP contribution in [0.25, 0.3) is 0 Å². The van der Waals surface area contributed by atoms with Gasteiger partial charge in [-0.05, 0) is 41.5 Å². The van der Waals surface area contributed by atoms with Crippen molar-refractivity contribution in [3.63, 3.8) is 0 Å². The highest BCUT2D eigenvalue weighted by Gasteiger charge is 2.19. The molecule has 0 aliphatic heterocycles. The molecule has 0 bridgehead atoms. The Balaban J connectivity index is 4.49. The summed E-state index contributed by atoms with van der Waals surface area (Å²) >= 11 is 6.06. The van der Waals surface area contributed by atoms with Crippen LogP contribution in [0.2, 0.25) is 0 Å². The Bertz CT molecular complexity index is 157. The number of aliphatic imine (C=N–C) groups is 1. The van der Waals surface area contributed by atoms with E-state index < -0.39 is 0 Å². The average molecular weight is 176 g/mol. The third kappa shape index (κ3) is 5.25. The van der Waals surface area contributed by atoms with Crippen molar-refractivity contribution in [1.82, 2.24) is 0 Å². The van der Waals surface area contributed by atoms with E-state index in [1.165, 1.54) is 0 Å². The molecule has 0 heterocycles. The van der Waals surface area contributed by atoms with Gasteiger partial charge in [-0.3, -0.25) is 4.99 Å². The number of hydrogen-bond acceptors (Lipinski definition) is 1. The minimum Gasteiger partial charge on any atom is -0.287 e. The van der Waals surface area contributed by atoms with Crippen molar-refractivity contribution in [1.29, 1.82) is 0 Å². The van der Waals surface area contributed by atoms with Gasteiger partial charge in [0.25, 0.3) is 0 Å². The Labute approximate surface area is 74.9 Å². The van der Waals surface area contributed by atoms with Gasteiger partial charge in [0.15, 0.2) is 0 Å². The van der Waals surface area contributed by atoms with Crippen LogP contribution in [0.15, 0.2) is 4.99 Å². The molecule has 0 aliphatic carbocycles. The summed E-state index contributed by atoms with van der Waals surface area (Å²) in [5.74, 6) is 0. The summed E-state index contributed by atoms with van der Waals surface area (Å²) in [7, 11) is 0. The van der Waals surface area contributed by atoms with Crippen LogP contribution in [0, 0.1) is 0 Å². The Morgan fingerprint density at radius 2 is 1.45 bits per heavy atom. The first kappa shape index (κ1) is 11.0. The van der Waals surface area contributed by atoms with Crippen molar-refractivity contribution in [2.24, 2.45) is 4.99 Å². The molecule has 0 radical (unpaired) electrons. The van der Waals surface area contributed by atoms with Crippen molar-refractivity contribution < 1.29 is 0 Å². The number of halogens is 1. The van der Waals surface area contributed by atoms with Gasteiger partial charge in [-0.15, -0.1) is 11.6 Å². The van der Waals surface area contributed by atoms with Crippen LogP contribution >= 0.6 is 11.6 Å². The largest absolute Gasteiger partial charge is 0.287 e. The highest BCUT2D eigenvalue weighted by Crippen LogP contribution is 2.18. The topological polar surface area (TPSA) is 12.4 Å². The van der Waals surface area contributed by atoms with Crippen LogP contribution < -0.4 is 0 Å². The van der Waals surface area contributed by atoms with Gasteiger partial charge < -0.3 is 0 Å². The maximum absolute atomic E-state index is 6.06. The molecule has 0 aromatic heterocycles. The highest BCUT2D eigenvalue weighted by molar-refractivity contribution is 6.35. The van der Waals surface area contributed by atoms with E-state index in [0.717, 1.165) is 5.71 Å². The van der Waals surface area contributed by atoms with Gasteiger partial charge in [0.2, 0.25) is 0 Å². The summed E-state index contributed by atoms with van der Waals surface area (Å²) in [4.78, 5) is 4.15. The lowest BCUT2D eigenvalue weighted by atomic mass is 10.1. The van der Waals surface area contributed by atoms with Crippen LogP contribution in [0.1, 0.15) is 41.5 Å². The second-order valence-electron chi connectivity index (χ2n) is 4.34. The quantitative estimate of drug-likeness (QED) is 0.429. The van der Waals surface area contributed by atoms with E-state index in [1.807, 2.05) is 20.8 Å². The van der Waals surface area contributed by atoms with E-state index in [2.05, 4.69) is 25.8 Å². The highest BCUT2D eigenvalue weighted by atomic mass is 35.5. The predicted molar refractivity (Wildman–Crippen MR) is 52.8 cm³/mol. The summed E-state index contributed by atoms with van der Waals surface area (Å²) in [6.07, 6.45) is 0. The normalized spacial score (nSPS) is 15.4. The van der Waals surface area contributed by atoms with E-state index in [0.29, 0.717) is 0 Å². The average Bonchev–Trinajstić information content (AvgIpc) is 1.56. The number of alkyl halides is 1. The first-order chi connectivity index (χ1) is 4.63. The SMILES string of the molecule is CC(=NC(C)(C)C)C(C)(C)Cl. The third-order valence-corrected chi connectivity index (χ3v) is 1.64. The molecule has 66 valence electrons. The Morgan fingerprint density at radius 1 is 1.09 bits per heavy atom. The first-order valence-electron chi connectivity index (χ1n) is 3.89. The monoisotopic (exact) mass is 175 g/mol. The number of hydrogen-bond donors (Lipinski definition) is 0. The van der Waals surface area contributed by atoms with E-state index in [-0.39, 0.29) is 10.4 Å². The molecule has 0 N–H and O–H groups in total. The number of nitrogens with zero attached hydrogens (tertiary/aromatic N) is 1. The molecule has 0 atom stereocenters. The Hall–Kier alpha value is -0.0400. The van der Waals surface area contributed by atoms with Crippen molar-refractivity contribution in [3.8, 4) is 0 Å². The summed E-state index contributed by atoms with van der Waals surface area (Å²) < 4.78 is 0. The fraction of sp³-hybridized carbons (Fsp3) is 0.889. The molecule has 0 aromatic rings. The van der Waals surface area contributed by atoms with Crippen molar-refractivity contribution in [3.05, 3.63) is 0 Å². The first-order valence-corrected chi connectivity index (χ1v) is 4.26. The minimum absolute atomic E-state index is 0.0176. The predicted octanol–water partition coefficient (Wildman–Crippen LogP) is 3.26. The zero-order chi connectivity index (χ0) is 9.28. The van der Waals surface area contributed by atoms with Gasteiger partial charge in [-0.1, -0.05) is 0 Å². The standard InChI is InChI=1S/C9H18ClN/c1-7(9(5,6)10)11-8(2,3)4/h1-6H3. The molecule has 0 aliphatic rings. The molecule has 0 aromatic carbocycles. The second kappa shape index (κ2) is 3.14. The van der Waals surface area contributed by atoms with Crippen LogP contribution in [-0.4, -0.2) is 16.1 Å². The zero-order valence-corrected chi connectivity index (χ0v) is 9.08. The van der Waals surface area contributed by atoms with Crippen LogP contribution in [0.5, 0.6) is 0 Å². The molecular weight excluding hydrogens is 158 g/mol. The molecular formula is C9H18ClN. The van der Waals surface area contributed by atoms with Gasteiger partial charge in [0.05, 0.1) is 10.4 Å². The minimum atomic E-state index is -0.312. The Kier molecular flexibility index (Phi) is 3.13. The van der Waals surface area contributed by atoms with Gasteiger partial charge in [-0.25, -0.2) is 0 Å². The molecule has 0 fully saturated rings. The molecule has 0 rings (SSSR count). The molecule has 0 saturated heterocycles. The molecule has 1 nitrogen and oxygen atoms in total. The van der Waals surface area contributed by atoms with Crippen LogP contribution in [0.4, 0.5) is 0 Å². The molecule has 0 saturated carbocycles. The van der Waals surface area contributed by atoms with E-state index >= 15 is 0 Å². The van der Waals surface area contributed by atoms with E-state index in [4.69, 9.17) is 11.6 Å². The summed E-state index contributed by atoms with van der Waals surface area (Å²) in [5, 5.41) is 0. The fourth-order valence-corrected chi connectivity index (χ4v) is 0.678. The third-order valence-electron chi connectivity index (χ3n) is 1.36. The van der Waals surface area contributed by atoms with Crippen molar-refractivity contribution in [2.45, 2.75) is 52.0 Å². The maximum Gasteiger partial charge on any atom is 0.0763 e. The van der Waals surface area contributed by atoms with Crippen molar-refractivity contribution >= 4 is 17.3 Å². The summed E-state index contributed by atoms with van der Waals surface area (Å²) in [6.45, 7) is 12.1. The maximum atomic E-state index is 6.06. The smallest absolute Gasteiger partial charge is 0.0763 e. The second-order valence-corrected chi connectivity index (χ2v) is 5.29. The summed E-state index contributed by atoms with van der Waals surface area (Å²) in [6, 6.07) is 0. The lowest BCUT2D eigenvalue weighted by Gasteiger charge is -2.21. The lowest BCUT2D eigenvalue weighted by molar-refractivity contribution is 0.578. The molecule has 2 heteroatoms. The van der Waals surface area contributed by atoms with Crippen molar-refractivity contribution in [2.75, 3.05) is 0 Å². The van der Waals surface area contributed by atoms with E-state index in [9.17, 15) is 0 Å². The van der Waals surface area contributed by atoms with Crippen LogP contribution in [0.3, 0.4) is 0 Å². The molecule has 0 unspecified atom stereocenters. The molecule has 0 amide bonds. The van der Waals surface area contributed by atoms with E-state index in [1.54, 1.807) is 0 Å². The lowest BCUT2D eigenvalue weighted by Crippen LogP contribution is -2.25.